The molecule has 1 heterocycles. The molecule has 0 fully saturated rings. The highest BCUT2D eigenvalue weighted by Crippen LogP contribution is 2.21. The quantitative estimate of drug-likeness (QED) is 0.894. The highest BCUT2D eigenvalue weighted by molar-refractivity contribution is 5.63. The highest BCUT2D eigenvalue weighted by Gasteiger charge is 2.06. The fourth-order valence-corrected chi connectivity index (χ4v) is 1.91. The number of aromatic nitrogens is 2. The fraction of sp³-hybridized carbons (Fsp3) is 0.333. The van der Waals surface area contributed by atoms with Crippen molar-refractivity contribution in [3.8, 4) is 11.3 Å². The van der Waals surface area contributed by atoms with Gasteiger partial charge in [0, 0.05) is 25.3 Å². The first-order valence-corrected chi connectivity index (χ1v) is 6.40. The smallest absolute Gasteiger partial charge is 0.157 e. The van der Waals surface area contributed by atoms with E-state index >= 15 is 0 Å². The number of nitrogens with one attached hydrogen (secondary N) is 1. The van der Waals surface area contributed by atoms with Gasteiger partial charge in [0.25, 0.3) is 0 Å². The van der Waals surface area contributed by atoms with Crippen molar-refractivity contribution >= 4 is 5.82 Å². The van der Waals surface area contributed by atoms with Gasteiger partial charge in [-0.15, -0.1) is 0 Å². The Morgan fingerprint density at radius 3 is 2.74 bits per heavy atom. The average molecular weight is 257 g/mol. The Morgan fingerprint density at radius 2 is 2.05 bits per heavy atom. The van der Waals surface area contributed by atoms with Gasteiger partial charge in [-0.2, -0.15) is 0 Å². The summed E-state index contributed by atoms with van der Waals surface area (Å²) in [5.74, 6) is 1.53. The van der Waals surface area contributed by atoms with Gasteiger partial charge in [-0.3, -0.25) is 0 Å². The van der Waals surface area contributed by atoms with Crippen LogP contribution in [-0.4, -0.2) is 23.6 Å². The van der Waals surface area contributed by atoms with Gasteiger partial charge in [0.15, 0.2) is 5.82 Å². The number of nitrogens with zero attached hydrogens (tertiary/aromatic N) is 2. The third-order valence-corrected chi connectivity index (χ3v) is 2.72. The van der Waals surface area contributed by atoms with Gasteiger partial charge in [-0.25, -0.2) is 9.97 Å². The molecule has 2 rings (SSSR count). The molecule has 1 aromatic carbocycles. The molecule has 0 aliphatic heterocycles. The van der Waals surface area contributed by atoms with Crippen molar-refractivity contribution in [3.05, 3.63) is 41.7 Å². The van der Waals surface area contributed by atoms with Crippen molar-refractivity contribution in [1.82, 2.24) is 9.97 Å². The molecule has 0 saturated heterocycles. The minimum Gasteiger partial charge on any atom is -0.377 e. The van der Waals surface area contributed by atoms with Crippen LogP contribution in [0.25, 0.3) is 11.3 Å². The Balaban J connectivity index is 2.43. The molecule has 0 bridgehead atoms. The summed E-state index contributed by atoms with van der Waals surface area (Å²) in [7, 11) is 1.65. The van der Waals surface area contributed by atoms with E-state index < -0.39 is 0 Å². The molecule has 0 aliphatic carbocycles. The van der Waals surface area contributed by atoms with Crippen LogP contribution in [-0.2, 0) is 11.3 Å². The van der Waals surface area contributed by atoms with E-state index in [1.54, 1.807) is 7.11 Å². The van der Waals surface area contributed by atoms with Crippen LogP contribution in [0, 0.1) is 6.92 Å². The first-order valence-electron chi connectivity index (χ1n) is 6.40. The summed E-state index contributed by atoms with van der Waals surface area (Å²) < 4.78 is 5.12. The molecule has 1 N–H and O–H groups in total. The highest BCUT2D eigenvalue weighted by atomic mass is 16.5. The maximum atomic E-state index is 5.12. The summed E-state index contributed by atoms with van der Waals surface area (Å²) in [5.41, 5.74) is 3.23. The predicted octanol–water partition coefficient (Wildman–Crippen LogP) is 3.03. The summed E-state index contributed by atoms with van der Waals surface area (Å²) in [6.07, 6.45) is 0. The second-order valence-corrected chi connectivity index (χ2v) is 4.39. The van der Waals surface area contributed by atoms with Crippen LogP contribution in [0.1, 0.15) is 18.3 Å². The topological polar surface area (TPSA) is 47.0 Å². The minimum absolute atomic E-state index is 0.415. The van der Waals surface area contributed by atoms with Crippen molar-refractivity contribution in [1.29, 1.82) is 0 Å². The number of benzene rings is 1. The minimum atomic E-state index is 0.415. The predicted molar refractivity (Wildman–Crippen MR) is 77.1 cm³/mol. The lowest BCUT2D eigenvalue weighted by Crippen LogP contribution is -2.05. The molecule has 0 spiro atoms. The maximum absolute atomic E-state index is 5.12. The number of methoxy groups -OCH3 is 1. The largest absolute Gasteiger partial charge is 0.377 e. The lowest BCUT2D eigenvalue weighted by molar-refractivity contribution is 0.178. The zero-order valence-electron chi connectivity index (χ0n) is 11.6. The number of ether oxygens (including phenoxy) is 1. The summed E-state index contributed by atoms with van der Waals surface area (Å²) in [4.78, 5) is 8.95. The first kappa shape index (κ1) is 13.5. The standard InChI is InChI=1S/C15H19N3O/c1-4-16-14-9-13(17-15(18-14)10-19-3)12-7-5-6-11(2)8-12/h5-9H,4,10H2,1-3H3,(H,16,17,18). The molecule has 0 unspecified atom stereocenters. The summed E-state index contributed by atoms with van der Waals surface area (Å²) in [6, 6.07) is 10.3. The third kappa shape index (κ3) is 3.51. The molecule has 0 aliphatic rings. The number of hydrogen-bond acceptors (Lipinski definition) is 4. The van der Waals surface area contributed by atoms with Gasteiger partial charge in [0.2, 0.25) is 0 Å². The van der Waals surface area contributed by atoms with Crippen LogP contribution in [0.3, 0.4) is 0 Å². The Bertz CT molecular complexity index is 531. The molecule has 100 valence electrons. The van der Waals surface area contributed by atoms with E-state index in [4.69, 9.17) is 4.74 Å². The molecule has 1 aromatic heterocycles. The van der Waals surface area contributed by atoms with Crippen LogP contribution in [0.4, 0.5) is 5.82 Å². The van der Waals surface area contributed by atoms with Gasteiger partial charge in [0.1, 0.15) is 12.4 Å². The second-order valence-electron chi connectivity index (χ2n) is 4.39. The van der Waals surface area contributed by atoms with E-state index in [-0.39, 0.29) is 0 Å². The molecule has 0 amide bonds. The average Bonchev–Trinajstić information content (AvgIpc) is 2.39. The monoisotopic (exact) mass is 257 g/mol. The van der Waals surface area contributed by atoms with E-state index in [9.17, 15) is 0 Å². The van der Waals surface area contributed by atoms with Crippen LogP contribution >= 0.6 is 0 Å². The van der Waals surface area contributed by atoms with Gasteiger partial charge in [-0.05, 0) is 19.9 Å². The van der Waals surface area contributed by atoms with Crippen LogP contribution in [0.2, 0.25) is 0 Å². The van der Waals surface area contributed by atoms with Crippen LogP contribution in [0.5, 0.6) is 0 Å². The van der Waals surface area contributed by atoms with Crippen molar-refractivity contribution in [3.63, 3.8) is 0 Å². The van der Waals surface area contributed by atoms with E-state index in [0.29, 0.717) is 12.4 Å². The second kappa shape index (κ2) is 6.29. The summed E-state index contributed by atoms with van der Waals surface area (Å²) in [6.45, 7) is 5.37. The Morgan fingerprint density at radius 1 is 1.21 bits per heavy atom. The van der Waals surface area contributed by atoms with Gasteiger partial charge in [0.05, 0.1) is 5.69 Å². The van der Waals surface area contributed by atoms with Crippen LogP contribution in [0.15, 0.2) is 30.3 Å². The number of anilines is 1. The van der Waals surface area contributed by atoms with Crippen LogP contribution < -0.4 is 5.32 Å². The third-order valence-electron chi connectivity index (χ3n) is 2.72. The molecule has 0 saturated carbocycles. The molecule has 2 aromatic rings. The Kier molecular flexibility index (Phi) is 4.47. The van der Waals surface area contributed by atoms with E-state index in [0.717, 1.165) is 23.6 Å². The van der Waals surface area contributed by atoms with Gasteiger partial charge >= 0.3 is 0 Å². The molecule has 0 radical (unpaired) electrons. The molecular weight excluding hydrogens is 238 g/mol. The molecule has 4 nitrogen and oxygen atoms in total. The molecule has 0 atom stereocenters. The fourth-order valence-electron chi connectivity index (χ4n) is 1.91. The number of aryl methyl sites for hydroxylation is 1. The lowest BCUT2D eigenvalue weighted by Gasteiger charge is -2.09. The van der Waals surface area contributed by atoms with Crippen molar-refractivity contribution in [2.75, 3.05) is 19.0 Å². The Hall–Kier alpha value is -1.94. The Labute approximate surface area is 113 Å². The normalized spacial score (nSPS) is 10.5. The zero-order valence-corrected chi connectivity index (χ0v) is 11.6. The summed E-state index contributed by atoms with van der Waals surface area (Å²) in [5, 5.41) is 3.22. The first-order chi connectivity index (χ1) is 9.22. The van der Waals surface area contributed by atoms with Crippen molar-refractivity contribution < 1.29 is 4.74 Å². The zero-order chi connectivity index (χ0) is 13.7. The summed E-state index contributed by atoms with van der Waals surface area (Å²) >= 11 is 0. The van der Waals surface area contributed by atoms with Gasteiger partial charge < -0.3 is 10.1 Å². The van der Waals surface area contributed by atoms with Gasteiger partial charge in [-0.1, -0.05) is 23.8 Å². The number of rotatable bonds is 5. The lowest BCUT2D eigenvalue weighted by atomic mass is 10.1. The number of hydrogen-bond donors (Lipinski definition) is 1. The van der Waals surface area contributed by atoms with Crippen molar-refractivity contribution in [2.24, 2.45) is 0 Å². The van der Waals surface area contributed by atoms with E-state index in [1.807, 2.05) is 19.1 Å². The molecule has 19 heavy (non-hydrogen) atoms. The van der Waals surface area contributed by atoms with E-state index in [2.05, 4.69) is 40.4 Å². The van der Waals surface area contributed by atoms with E-state index in [1.165, 1.54) is 5.56 Å². The molecular formula is C15H19N3O. The van der Waals surface area contributed by atoms with Crippen molar-refractivity contribution in [2.45, 2.75) is 20.5 Å². The SMILES string of the molecule is CCNc1cc(-c2cccc(C)c2)nc(COC)n1. The maximum Gasteiger partial charge on any atom is 0.157 e. The molecule has 4 heteroatoms.